The Balaban J connectivity index is 1.29. The smallest absolute Gasteiger partial charge is 0.310 e. The number of ether oxygens (including phenoxy) is 2. The van der Waals surface area contributed by atoms with Gasteiger partial charge >= 0.3 is 5.97 Å². The zero-order valence-electron chi connectivity index (χ0n) is 18.4. The zero-order chi connectivity index (χ0) is 22.6. The molecule has 0 bridgehead atoms. The molecule has 0 aliphatic heterocycles. The average molecular weight is 437 g/mol. The van der Waals surface area contributed by atoms with Crippen LogP contribution in [0.3, 0.4) is 0 Å². The fourth-order valence-corrected chi connectivity index (χ4v) is 4.06. The van der Waals surface area contributed by atoms with Gasteiger partial charge in [-0.3, -0.25) is 4.79 Å². The van der Waals surface area contributed by atoms with E-state index in [2.05, 4.69) is 39.9 Å². The number of para-hydroxylation sites is 2. The third-order valence-electron chi connectivity index (χ3n) is 5.75. The van der Waals surface area contributed by atoms with Crippen LogP contribution in [0.1, 0.15) is 16.8 Å². The van der Waals surface area contributed by atoms with E-state index in [1.165, 1.54) is 7.11 Å². The maximum absolute atomic E-state index is 11.8. The van der Waals surface area contributed by atoms with E-state index in [1.54, 1.807) is 0 Å². The third-order valence-corrected chi connectivity index (χ3v) is 5.75. The summed E-state index contributed by atoms with van der Waals surface area (Å²) in [6.45, 7) is 1.12. The maximum Gasteiger partial charge on any atom is 0.310 e. The summed E-state index contributed by atoms with van der Waals surface area (Å²) >= 11 is 0. The first-order chi connectivity index (χ1) is 16.2. The molecule has 2 heterocycles. The van der Waals surface area contributed by atoms with Gasteiger partial charge in [-0.05, 0) is 41.5 Å². The van der Waals surface area contributed by atoms with Crippen LogP contribution in [0.25, 0.3) is 21.8 Å². The van der Waals surface area contributed by atoms with Crippen molar-refractivity contribution < 1.29 is 14.3 Å². The highest BCUT2D eigenvalue weighted by atomic mass is 16.5. The quantitative estimate of drug-likeness (QED) is 0.315. The Morgan fingerprint density at radius 2 is 1.70 bits per heavy atom. The summed E-state index contributed by atoms with van der Waals surface area (Å²) in [4.78, 5) is 16.5. The van der Waals surface area contributed by atoms with Crippen LogP contribution in [-0.2, 0) is 29.1 Å². The van der Waals surface area contributed by atoms with Gasteiger partial charge in [-0.1, -0.05) is 54.6 Å². The van der Waals surface area contributed by atoms with Gasteiger partial charge in [0.25, 0.3) is 0 Å². The summed E-state index contributed by atoms with van der Waals surface area (Å²) < 4.78 is 13.0. The van der Waals surface area contributed by atoms with Crippen LogP contribution in [0.5, 0.6) is 5.75 Å². The predicted octanol–water partition coefficient (Wildman–Crippen LogP) is 5.53. The van der Waals surface area contributed by atoms with Crippen molar-refractivity contribution in [2.75, 3.05) is 7.11 Å². The standard InChI is InChI=1S/C28H24N2O3/c1-32-28(31)16-22-18-30(27-9-5-3-7-25(22)27)17-20-10-14-24(15-11-20)33-19-23-13-12-21-6-2-4-8-26(21)29-23/h2-15,18H,16-17,19H2,1H3. The third kappa shape index (κ3) is 4.58. The molecule has 2 aromatic heterocycles. The maximum atomic E-state index is 11.8. The van der Waals surface area contributed by atoms with Crippen molar-refractivity contribution in [2.45, 2.75) is 19.6 Å². The number of methoxy groups -OCH3 is 1. The topological polar surface area (TPSA) is 53.4 Å². The molecule has 0 fully saturated rings. The highest BCUT2D eigenvalue weighted by molar-refractivity contribution is 5.88. The number of rotatable bonds is 7. The van der Waals surface area contributed by atoms with Gasteiger partial charge in [-0.15, -0.1) is 0 Å². The molecule has 33 heavy (non-hydrogen) atoms. The highest BCUT2D eigenvalue weighted by Gasteiger charge is 2.12. The number of aromatic nitrogens is 2. The Morgan fingerprint density at radius 3 is 2.55 bits per heavy atom. The number of hydrogen-bond acceptors (Lipinski definition) is 4. The first kappa shape index (κ1) is 20.8. The van der Waals surface area contributed by atoms with Crippen LogP contribution >= 0.6 is 0 Å². The summed E-state index contributed by atoms with van der Waals surface area (Å²) in [5.41, 5.74) is 5.09. The Morgan fingerprint density at radius 1 is 0.909 bits per heavy atom. The van der Waals surface area contributed by atoms with E-state index >= 15 is 0 Å². The van der Waals surface area contributed by atoms with Crippen molar-refractivity contribution in [2.24, 2.45) is 0 Å². The lowest BCUT2D eigenvalue weighted by molar-refractivity contribution is -0.139. The van der Waals surface area contributed by atoms with Gasteiger partial charge < -0.3 is 14.0 Å². The second kappa shape index (κ2) is 9.17. The lowest BCUT2D eigenvalue weighted by atomic mass is 10.1. The molecule has 5 aromatic rings. The van der Waals surface area contributed by atoms with E-state index in [1.807, 2.05) is 60.8 Å². The highest BCUT2D eigenvalue weighted by Crippen LogP contribution is 2.24. The number of pyridine rings is 1. The number of nitrogens with zero attached hydrogens (tertiary/aromatic N) is 2. The summed E-state index contributed by atoms with van der Waals surface area (Å²) in [5.74, 6) is 0.567. The van der Waals surface area contributed by atoms with E-state index in [4.69, 9.17) is 9.47 Å². The van der Waals surface area contributed by atoms with Crippen LogP contribution in [-0.4, -0.2) is 22.6 Å². The first-order valence-electron chi connectivity index (χ1n) is 10.9. The zero-order valence-corrected chi connectivity index (χ0v) is 18.4. The molecular weight excluding hydrogens is 412 g/mol. The first-order valence-corrected chi connectivity index (χ1v) is 10.9. The molecule has 164 valence electrons. The van der Waals surface area contributed by atoms with Crippen LogP contribution < -0.4 is 4.74 Å². The van der Waals surface area contributed by atoms with E-state index in [0.717, 1.165) is 44.4 Å². The Bertz CT molecular complexity index is 1420. The van der Waals surface area contributed by atoms with Gasteiger partial charge in [0.2, 0.25) is 0 Å². The van der Waals surface area contributed by atoms with Crippen molar-refractivity contribution >= 4 is 27.8 Å². The van der Waals surface area contributed by atoms with E-state index in [9.17, 15) is 4.79 Å². The fraction of sp³-hybridized carbons (Fsp3) is 0.143. The molecule has 5 rings (SSSR count). The van der Waals surface area contributed by atoms with Crippen molar-refractivity contribution in [1.82, 2.24) is 9.55 Å². The Hall–Kier alpha value is -4.12. The van der Waals surface area contributed by atoms with Crippen molar-refractivity contribution in [1.29, 1.82) is 0 Å². The molecular formula is C28H24N2O3. The minimum atomic E-state index is -0.236. The average Bonchev–Trinajstić information content (AvgIpc) is 3.20. The van der Waals surface area contributed by atoms with Crippen molar-refractivity contribution in [3.8, 4) is 5.75 Å². The number of hydrogen-bond donors (Lipinski definition) is 0. The number of fused-ring (bicyclic) bond motifs is 2. The minimum Gasteiger partial charge on any atom is -0.487 e. The molecule has 0 amide bonds. The van der Waals surface area contributed by atoms with E-state index in [0.29, 0.717) is 13.2 Å². The molecule has 0 aliphatic rings. The minimum absolute atomic E-state index is 0.236. The van der Waals surface area contributed by atoms with Crippen molar-refractivity contribution in [3.63, 3.8) is 0 Å². The van der Waals surface area contributed by atoms with Crippen LogP contribution in [0.2, 0.25) is 0 Å². The summed E-state index contributed by atoms with van der Waals surface area (Å²) in [6.07, 6.45) is 2.30. The second-order valence-corrected chi connectivity index (χ2v) is 7.98. The number of benzene rings is 3. The summed E-state index contributed by atoms with van der Waals surface area (Å²) in [7, 11) is 1.42. The Labute approximate surface area is 192 Å². The number of esters is 1. The van der Waals surface area contributed by atoms with Gasteiger partial charge in [-0.2, -0.15) is 0 Å². The lowest BCUT2D eigenvalue weighted by Crippen LogP contribution is -2.04. The molecule has 0 saturated carbocycles. The fourth-order valence-electron chi connectivity index (χ4n) is 4.06. The van der Waals surface area contributed by atoms with Crippen molar-refractivity contribution in [3.05, 3.63) is 108 Å². The monoisotopic (exact) mass is 436 g/mol. The molecule has 0 unspecified atom stereocenters. The van der Waals surface area contributed by atoms with E-state index < -0.39 is 0 Å². The van der Waals surface area contributed by atoms with Gasteiger partial charge in [0.1, 0.15) is 12.4 Å². The molecule has 0 atom stereocenters. The molecule has 0 radical (unpaired) electrons. The SMILES string of the molecule is COC(=O)Cc1cn(Cc2ccc(OCc3ccc4ccccc4n3)cc2)c2ccccc12. The number of carbonyl (C=O) groups excluding carboxylic acids is 1. The van der Waals surface area contributed by atoms with Gasteiger partial charge in [0.15, 0.2) is 0 Å². The molecule has 5 nitrogen and oxygen atoms in total. The van der Waals surface area contributed by atoms with Gasteiger partial charge in [-0.25, -0.2) is 4.98 Å². The molecule has 0 spiro atoms. The molecule has 0 N–H and O–H groups in total. The van der Waals surface area contributed by atoms with Gasteiger partial charge in [0.05, 0.1) is 24.7 Å². The van der Waals surface area contributed by atoms with Gasteiger partial charge in [0, 0.05) is 29.0 Å². The normalized spacial score (nSPS) is 11.1. The Kier molecular flexibility index (Phi) is 5.77. The summed E-state index contributed by atoms with van der Waals surface area (Å²) in [5, 5.41) is 2.20. The molecule has 3 aromatic carbocycles. The largest absolute Gasteiger partial charge is 0.487 e. The van der Waals surface area contributed by atoms with Crippen LogP contribution in [0.15, 0.2) is 91.1 Å². The summed E-state index contributed by atoms with van der Waals surface area (Å²) in [6, 6.07) is 28.4. The van der Waals surface area contributed by atoms with E-state index in [-0.39, 0.29) is 12.4 Å². The number of carbonyl (C=O) groups is 1. The van der Waals surface area contributed by atoms with Crippen LogP contribution in [0.4, 0.5) is 0 Å². The molecule has 0 saturated heterocycles. The second-order valence-electron chi connectivity index (χ2n) is 7.98. The van der Waals surface area contributed by atoms with Crippen LogP contribution in [0, 0.1) is 0 Å². The molecule has 0 aliphatic carbocycles. The predicted molar refractivity (Wildman–Crippen MR) is 129 cm³/mol. The lowest BCUT2D eigenvalue weighted by Gasteiger charge is -2.09. The molecule has 5 heteroatoms.